The molecule has 96 valence electrons. The Balaban J connectivity index is 1.90. The first kappa shape index (κ1) is 12.5. The molecule has 0 atom stereocenters. The Morgan fingerprint density at radius 3 is 3.17 bits per heavy atom. The Morgan fingerprint density at radius 2 is 2.44 bits per heavy atom. The van der Waals surface area contributed by atoms with Crippen molar-refractivity contribution in [3.8, 4) is 0 Å². The van der Waals surface area contributed by atoms with Crippen LogP contribution in [0.4, 0.5) is 11.5 Å². The van der Waals surface area contributed by atoms with Crippen LogP contribution in [0.2, 0.25) is 0 Å². The molecule has 1 aromatic heterocycles. The van der Waals surface area contributed by atoms with Crippen molar-refractivity contribution in [2.75, 3.05) is 25.0 Å². The molecule has 0 saturated carbocycles. The number of aromatic nitrogens is 1. The molecule has 1 aliphatic rings. The summed E-state index contributed by atoms with van der Waals surface area (Å²) in [5.74, 6) is 0.344. The molecule has 2 heterocycles. The average molecular weight is 248 g/mol. The third kappa shape index (κ3) is 3.27. The van der Waals surface area contributed by atoms with Crippen molar-refractivity contribution < 1.29 is 4.92 Å². The minimum absolute atomic E-state index is 0.0248. The molecule has 1 aliphatic heterocycles. The van der Waals surface area contributed by atoms with Gasteiger partial charge in [0.15, 0.2) is 0 Å². The number of hydrogen-bond donors (Lipinski definition) is 2. The van der Waals surface area contributed by atoms with Gasteiger partial charge in [0.05, 0.1) is 4.92 Å². The Morgan fingerprint density at radius 1 is 1.56 bits per heavy atom. The lowest BCUT2D eigenvalue weighted by Crippen LogP contribution is -2.21. The molecule has 0 aliphatic carbocycles. The van der Waals surface area contributed by atoms with Crippen molar-refractivity contribution in [2.45, 2.75) is 12.8 Å². The van der Waals surface area contributed by atoms with E-state index >= 15 is 0 Å². The fraction of sp³-hybridized carbons (Fsp3) is 0.417. The van der Waals surface area contributed by atoms with Crippen molar-refractivity contribution >= 4 is 11.5 Å². The lowest BCUT2D eigenvalue weighted by atomic mass is 10.1. The lowest BCUT2D eigenvalue weighted by molar-refractivity contribution is -0.384. The van der Waals surface area contributed by atoms with Crippen LogP contribution in [0.15, 0.2) is 30.0 Å². The van der Waals surface area contributed by atoms with E-state index in [2.05, 4.69) is 21.7 Å². The Labute approximate surface area is 105 Å². The van der Waals surface area contributed by atoms with Crippen LogP contribution in [0, 0.1) is 10.1 Å². The quantitative estimate of drug-likeness (QED) is 0.471. The summed E-state index contributed by atoms with van der Waals surface area (Å²) in [6, 6.07) is 3.03. The second-order valence-electron chi connectivity index (χ2n) is 4.12. The first-order valence-corrected chi connectivity index (χ1v) is 5.99. The van der Waals surface area contributed by atoms with Crippen LogP contribution in [0.25, 0.3) is 0 Å². The lowest BCUT2D eigenvalue weighted by Gasteiger charge is -2.14. The van der Waals surface area contributed by atoms with Crippen molar-refractivity contribution in [2.24, 2.45) is 0 Å². The van der Waals surface area contributed by atoms with Gasteiger partial charge in [-0.2, -0.15) is 0 Å². The van der Waals surface area contributed by atoms with E-state index in [9.17, 15) is 10.1 Å². The second kappa shape index (κ2) is 6.11. The van der Waals surface area contributed by atoms with Gasteiger partial charge in [0, 0.05) is 25.4 Å². The molecule has 1 aromatic rings. The van der Waals surface area contributed by atoms with Crippen LogP contribution in [0.1, 0.15) is 12.8 Å². The molecule has 0 fully saturated rings. The second-order valence-corrected chi connectivity index (χ2v) is 4.12. The molecule has 0 radical (unpaired) electrons. The third-order valence-electron chi connectivity index (χ3n) is 2.88. The minimum Gasteiger partial charge on any atom is -0.364 e. The third-order valence-corrected chi connectivity index (χ3v) is 2.88. The Kier molecular flexibility index (Phi) is 4.25. The van der Waals surface area contributed by atoms with Gasteiger partial charge in [0.25, 0.3) is 0 Å². The summed E-state index contributed by atoms with van der Waals surface area (Å²) in [5.41, 5.74) is 1.41. The molecule has 18 heavy (non-hydrogen) atoms. The van der Waals surface area contributed by atoms with Gasteiger partial charge < -0.3 is 10.6 Å². The van der Waals surface area contributed by atoms with E-state index < -0.39 is 4.92 Å². The van der Waals surface area contributed by atoms with E-state index in [4.69, 9.17) is 0 Å². The number of nitrogens with zero attached hydrogens (tertiary/aromatic N) is 2. The van der Waals surface area contributed by atoms with Gasteiger partial charge in [-0.1, -0.05) is 11.6 Å². The molecule has 2 N–H and O–H groups in total. The van der Waals surface area contributed by atoms with Gasteiger partial charge >= 0.3 is 5.69 Å². The largest absolute Gasteiger partial charge is 0.364 e. The number of rotatable bonds is 5. The van der Waals surface area contributed by atoms with Gasteiger partial charge in [0.1, 0.15) is 0 Å². The number of hydrogen-bond acceptors (Lipinski definition) is 5. The zero-order valence-corrected chi connectivity index (χ0v) is 10.1. The fourth-order valence-electron chi connectivity index (χ4n) is 1.92. The average Bonchev–Trinajstić information content (AvgIpc) is 2.40. The van der Waals surface area contributed by atoms with Gasteiger partial charge in [0.2, 0.25) is 5.82 Å². The van der Waals surface area contributed by atoms with Crippen molar-refractivity contribution in [3.05, 3.63) is 40.1 Å². The smallest absolute Gasteiger partial charge is 0.311 e. The molecule has 2 rings (SSSR count). The highest BCUT2D eigenvalue weighted by Gasteiger charge is 2.13. The Bertz CT molecular complexity index is 459. The van der Waals surface area contributed by atoms with Crippen molar-refractivity contribution in [1.82, 2.24) is 10.3 Å². The fourth-order valence-corrected chi connectivity index (χ4v) is 1.92. The molecule has 6 nitrogen and oxygen atoms in total. The summed E-state index contributed by atoms with van der Waals surface area (Å²) in [5, 5.41) is 17.1. The number of pyridine rings is 1. The maximum Gasteiger partial charge on any atom is 0.311 e. The topological polar surface area (TPSA) is 80.1 Å². The van der Waals surface area contributed by atoms with Gasteiger partial charge in [-0.3, -0.25) is 10.1 Å². The zero-order chi connectivity index (χ0) is 12.8. The van der Waals surface area contributed by atoms with E-state index in [0.717, 1.165) is 25.9 Å². The summed E-state index contributed by atoms with van der Waals surface area (Å²) >= 11 is 0. The molecular weight excluding hydrogens is 232 g/mol. The van der Waals surface area contributed by atoms with Gasteiger partial charge in [-0.25, -0.2) is 4.98 Å². The highest BCUT2D eigenvalue weighted by molar-refractivity contribution is 5.55. The normalized spacial score (nSPS) is 15.0. The predicted octanol–water partition coefficient (Wildman–Crippen LogP) is 1.71. The van der Waals surface area contributed by atoms with E-state index in [-0.39, 0.29) is 5.69 Å². The van der Waals surface area contributed by atoms with Crippen LogP contribution < -0.4 is 10.6 Å². The molecule has 0 bridgehead atoms. The first-order valence-electron chi connectivity index (χ1n) is 5.99. The first-order chi connectivity index (χ1) is 8.77. The minimum atomic E-state index is -0.418. The highest BCUT2D eigenvalue weighted by atomic mass is 16.6. The van der Waals surface area contributed by atoms with E-state index in [1.165, 1.54) is 11.6 Å². The molecule has 6 heteroatoms. The number of anilines is 1. The van der Waals surface area contributed by atoms with Crippen LogP contribution >= 0.6 is 0 Å². The predicted molar refractivity (Wildman–Crippen MR) is 69.6 cm³/mol. The monoisotopic (exact) mass is 248 g/mol. The van der Waals surface area contributed by atoms with Gasteiger partial charge in [-0.05, 0) is 25.5 Å². The zero-order valence-electron chi connectivity index (χ0n) is 10.1. The Hall–Kier alpha value is -1.95. The molecule has 0 aromatic carbocycles. The van der Waals surface area contributed by atoms with E-state index in [1.54, 1.807) is 12.3 Å². The summed E-state index contributed by atoms with van der Waals surface area (Å²) < 4.78 is 0. The molecule has 0 unspecified atom stereocenters. The van der Waals surface area contributed by atoms with Crippen molar-refractivity contribution in [1.29, 1.82) is 0 Å². The van der Waals surface area contributed by atoms with Crippen LogP contribution in [-0.2, 0) is 0 Å². The maximum absolute atomic E-state index is 10.8. The molecule has 0 amide bonds. The highest BCUT2D eigenvalue weighted by Crippen LogP contribution is 2.20. The standard InChI is InChI=1S/C12H16N4O2/c17-16(18)11-2-1-6-14-12(11)15-9-5-10-3-7-13-8-4-10/h1-3,6,13H,4-5,7-9H2,(H,14,15). The summed E-state index contributed by atoms with van der Waals surface area (Å²) in [6.45, 7) is 2.60. The number of nitrogens with one attached hydrogen (secondary N) is 2. The van der Waals surface area contributed by atoms with Crippen LogP contribution in [0.5, 0.6) is 0 Å². The van der Waals surface area contributed by atoms with Crippen LogP contribution in [0.3, 0.4) is 0 Å². The van der Waals surface area contributed by atoms with E-state index in [0.29, 0.717) is 12.4 Å². The molecular formula is C12H16N4O2. The molecule has 0 spiro atoms. The SMILES string of the molecule is O=[N+]([O-])c1cccnc1NCCC1=CCNCC1. The number of nitro groups is 1. The molecule has 0 saturated heterocycles. The summed E-state index contributed by atoms with van der Waals surface area (Å²) in [7, 11) is 0. The van der Waals surface area contributed by atoms with Crippen LogP contribution in [-0.4, -0.2) is 29.5 Å². The van der Waals surface area contributed by atoms with E-state index in [1.807, 2.05) is 0 Å². The van der Waals surface area contributed by atoms with Crippen molar-refractivity contribution in [3.63, 3.8) is 0 Å². The summed E-state index contributed by atoms with van der Waals surface area (Å²) in [4.78, 5) is 14.4. The summed E-state index contributed by atoms with van der Waals surface area (Å²) in [6.07, 6.45) is 5.68. The van der Waals surface area contributed by atoms with Gasteiger partial charge in [-0.15, -0.1) is 0 Å². The maximum atomic E-state index is 10.8.